The summed E-state index contributed by atoms with van der Waals surface area (Å²) in [4.78, 5) is 28.3. The smallest absolute Gasteiger partial charge is 0.312 e. The molecule has 6 nitrogen and oxygen atoms in total. The van der Waals surface area contributed by atoms with E-state index in [0.717, 1.165) is 19.6 Å². The summed E-state index contributed by atoms with van der Waals surface area (Å²) in [5.74, 6) is -0.0776. The number of carbonyl (C=O) groups is 2. The van der Waals surface area contributed by atoms with E-state index in [2.05, 4.69) is 48.3 Å². The van der Waals surface area contributed by atoms with Gasteiger partial charge in [0.05, 0.1) is 12.5 Å². The minimum Gasteiger partial charge on any atom is -0.352 e. The summed E-state index contributed by atoms with van der Waals surface area (Å²) in [5.41, 5.74) is 8.10. The van der Waals surface area contributed by atoms with Crippen molar-refractivity contribution in [2.24, 2.45) is 5.73 Å². The Kier molecular flexibility index (Phi) is 7.63. The van der Waals surface area contributed by atoms with E-state index in [-0.39, 0.29) is 17.9 Å². The van der Waals surface area contributed by atoms with Crippen molar-refractivity contribution < 1.29 is 14.0 Å². The maximum Gasteiger partial charge on any atom is 0.312 e. The van der Waals surface area contributed by atoms with Crippen LogP contribution in [0.4, 0.5) is 9.18 Å². The average Bonchev–Trinajstić information content (AvgIpc) is 2.74. The van der Waals surface area contributed by atoms with E-state index in [1.54, 1.807) is 23.1 Å². The summed E-state index contributed by atoms with van der Waals surface area (Å²) in [6, 6.07) is 13.2. The number of nitrogens with two attached hydrogens (primary N) is 1. The zero-order valence-corrected chi connectivity index (χ0v) is 18.2. The third-order valence-electron chi connectivity index (χ3n) is 5.75. The second-order valence-corrected chi connectivity index (χ2v) is 8.34. The molecule has 3 rings (SSSR count). The van der Waals surface area contributed by atoms with Gasteiger partial charge in [-0.05, 0) is 23.1 Å². The van der Waals surface area contributed by atoms with E-state index in [4.69, 9.17) is 5.73 Å². The predicted octanol–water partition coefficient (Wildman–Crippen LogP) is 3.39. The summed E-state index contributed by atoms with van der Waals surface area (Å²) < 4.78 is 14.2. The van der Waals surface area contributed by atoms with Crippen LogP contribution >= 0.6 is 0 Å². The number of piperazine rings is 1. The molecule has 3 N–H and O–H groups in total. The fourth-order valence-corrected chi connectivity index (χ4v) is 3.89. The van der Waals surface area contributed by atoms with Crippen LogP contribution in [0, 0.1) is 5.82 Å². The van der Waals surface area contributed by atoms with Gasteiger partial charge >= 0.3 is 6.03 Å². The summed E-state index contributed by atoms with van der Waals surface area (Å²) in [6.07, 6.45) is -0.0272. The van der Waals surface area contributed by atoms with Crippen molar-refractivity contribution in [3.05, 3.63) is 71.0 Å². The SMILES string of the molecule is CC(C)c1ccc(CN2CCN(C(=O)C[C@@H](NC(N)=O)c3ccccc3F)CC2)cc1. The first-order chi connectivity index (χ1) is 14.8. The van der Waals surface area contributed by atoms with E-state index < -0.39 is 17.9 Å². The third kappa shape index (κ3) is 6.28. The van der Waals surface area contributed by atoms with Crippen molar-refractivity contribution in [1.29, 1.82) is 0 Å². The number of rotatable bonds is 7. The highest BCUT2D eigenvalue weighted by Crippen LogP contribution is 2.22. The summed E-state index contributed by atoms with van der Waals surface area (Å²) in [7, 11) is 0. The molecule has 1 atom stereocenters. The Labute approximate surface area is 183 Å². The Morgan fingerprint density at radius 2 is 1.68 bits per heavy atom. The number of hydrogen-bond acceptors (Lipinski definition) is 3. The maximum absolute atomic E-state index is 14.2. The van der Waals surface area contributed by atoms with Gasteiger partial charge in [0.15, 0.2) is 0 Å². The number of halogens is 1. The van der Waals surface area contributed by atoms with Crippen molar-refractivity contribution in [3.63, 3.8) is 0 Å². The lowest BCUT2D eigenvalue weighted by atomic mass is 10.0. The van der Waals surface area contributed by atoms with Crippen molar-refractivity contribution in [2.45, 2.75) is 38.8 Å². The Morgan fingerprint density at radius 1 is 1.03 bits per heavy atom. The van der Waals surface area contributed by atoms with Crippen molar-refractivity contribution in [1.82, 2.24) is 15.1 Å². The van der Waals surface area contributed by atoms with Gasteiger partial charge in [-0.3, -0.25) is 9.69 Å². The molecule has 0 spiro atoms. The molecule has 0 unspecified atom stereocenters. The molecule has 1 fully saturated rings. The molecule has 0 saturated carbocycles. The molecule has 1 aliphatic heterocycles. The van der Waals surface area contributed by atoms with Gasteiger partial charge in [0.2, 0.25) is 5.91 Å². The molecule has 166 valence electrons. The van der Waals surface area contributed by atoms with Crippen LogP contribution < -0.4 is 11.1 Å². The average molecular weight is 427 g/mol. The van der Waals surface area contributed by atoms with Crippen LogP contribution in [0.2, 0.25) is 0 Å². The Balaban J connectivity index is 1.55. The van der Waals surface area contributed by atoms with Gasteiger partial charge in [-0.1, -0.05) is 56.3 Å². The number of hydrogen-bond donors (Lipinski definition) is 2. The standard InChI is InChI=1S/C24H31FN4O2/c1-17(2)19-9-7-18(8-10-19)16-28-11-13-29(14-12-28)23(30)15-22(27-24(26)31)20-5-3-4-6-21(20)25/h3-10,17,22H,11-16H2,1-2H3,(H3,26,27,31)/t22-/m1/s1. The molecule has 0 radical (unpaired) electrons. The molecule has 0 aliphatic carbocycles. The fraction of sp³-hybridized carbons (Fsp3) is 0.417. The molecule has 7 heteroatoms. The lowest BCUT2D eigenvalue weighted by molar-refractivity contribution is -0.133. The van der Waals surface area contributed by atoms with Crippen LogP contribution in [-0.4, -0.2) is 47.9 Å². The molecule has 3 amide bonds. The largest absolute Gasteiger partial charge is 0.352 e. The van der Waals surface area contributed by atoms with Gasteiger partial charge in [-0.2, -0.15) is 0 Å². The lowest BCUT2D eigenvalue weighted by Gasteiger charge is -2.35. The Morgan fingerprint density at radius 3 is 2.26 bits per heavy atom. The summed E-state index contributed by atoms with van der Waals surface area (Å²) in [6.45, 7) is 7.95. The van der Waals surface area contributed by atoms with Crippen molar-refractivity contribution in [3.8, 4) is 0 Å². The van der Waals surface area contributed by atoms with Crippen LogP contribution in [0.25, 0.3) is 0 Å². The number of nitrogens with one attached hydrogen (secondary N) is 1. The molecular weight excluding hydrogens is 395 g/mol. The fourth-order valence-electron chi connectivity index (χ4n) is 3.89. The Hall–Kier alpha value is -2.93. The van der Waals surface area contributed by atoms with Gasteiger partial charge in [0.1, 0.15) is 5.82 Å². The minimum absolute atomic E-state index is 0.0272. The highest BCUT2D eigenvalue weighted by Gasteiger charge is 2.26. The number of amides is 3. The number of primary amides is 1. The monoisotopic (exact) mass is 426 g/mol. The third-order valence-corrected chi connectivity index (χ3v) is 5.75. The van der Waals surface area contributed by atoms with Crippen LogP contribution in [-0.2, 0) is 11.3 Å². The van der Waals surface area contributed by atoms with Gasteiger partial charge in [0.25, 0.3) is 0 Å². The van der Waals surface area contributed by atoms with Gasteiger partial charge in [-0.15, -0.1) is 0 Å². The highest BCUT2D eigenvalue weighted by atomic mass is 19.1. The lowest BCUT2D eigenvalue weighted by Crippen LogP contribution is -2.49. The number of carbonyl (C=O) groups excluding carboxylic acids is 2. The first-order valence-electron chi connectivity index (χ1n) is 10.7. The van der Waals surface area contributed by atoms with Gasteiger partial charge < -0.3 is 16.0 Å². The van der Waals surface area contributed by atoms with E-state index in [9.17, 15) is 14.0 Å². The maximum atomic E-state index is 14.2. The zero-order valence-electron chi connectivity index (χ0n) is 18.2. The molecule has 0 aromatic heterocycles. The quantitative estimate of drug-likeness (QED) is 0.712. The molecule has 2 aromatic carbocycles. The molecule has 1 aliphatic rings. The van der Waals surface area contributed by atoms with Gasteiger partial charge in [-0.25, -0.2) is 9.18 Å². The van der Waals surface area contributed by atoms with Crippen molar-refractivity contribution >= 4 is 11.9 Å². The molecule has 1 saturated heterocycles. The topological polar surface area (TPSA) is 78.7 Å². The van der Waals surface area contributed by atoms with E-state index in [0.29, 0.717) is 19.0 Å². The van der Waals surface area contributed by atoms with Crippen molar-refractivity contribution in [2.75, 3.05) is 26.2 Å². The summed E-state index contributed by atoms with van der Waals surface area (Å²) >= 11 is 0. The van der Waals surface area contributed by atoms with Crippen LogP contribution in [0.1, 0.15) is 48.9 Å². The minimum atomic E-state index is -0.788. The second kappa shape index (κ2) is 10.4. The molecule has 0 bridgehead atoms. The molecule has 2 aromatic rings. The van der Waals surface area contributed by atoms with E-state index in [1.165, 1.54) is 17.2 Å². The normalized spacial score (nSPS) is 15.7. The molecular formula is C24H31FN4O2. The molecule has 1 heterocycles. The number of nitrogens with zero attached hydrogens (tertiary/aromatic N) is 2. The van der Waals surface area contributed by atoms with Gasteiger partial charge in [0, 0.05) is 38.3 Å². The van der Waals surface area contributed by atoms with Crippen LogP contribution in [0.3, 0.4) is 0 Å². The predicted molar refractivity (Wildman–Crippen MR) is 119 cm³/mol. The second-order valence-electron chi connectivity index (χ2n) is 8.34. The number of urea groups is 1. The van der Waals surface area contributed by atoms with Crippen LogP contribution in [0.5, 0.6) is 0 Å². The summed E-state index contributed by atoms with van der Waals surface area (Å²) in [5, 5.41) is 2.50. The first-order valence-corrected chi connectivity index (χ1v) is 10.7. The number of benzene rings is 2. The van der Waals surface area contributed by atoms with E-state index in [1.807, 2.05) is 0 Å². The molecule has 31 heavy (non-hydrogen) atoms. The zero-order chi connectivity index (χ0) is 22.4. The highest BCUT2D eigenvalue weighted by molar-refractivity contribution is 5.79. The van der Waals surface area contributed by atoms with E-state index >= 15 is 0 Å². The Bertz CT molecular complexity index is 893. The van der Waals surface area contributed by atoms with Crippen LogP contribution in [0.15, 0.2) is 48.5 Å². The first kappa shape index (κ1) is 22.7.